The van der Waals surface area contributed by atoms with Crippen LogP contribution in [0.15, 0.2) is 23.1 Å². The molecule has 1 aliphatic heterocycles. The number of aromatic nitrogens is 1. The van der Waals surface area contributed by atoms with Crippen LogP contribution in [0, 0.1) is 6.92 Å². The van der Waals surface area contributed by atoms with Crippen molar-refractivity contribution in [3.63, 3.8) is 0 Å². The first-order chi connectivity index (χ1) is 8.60. The fourth-order valence-electron chi connectivity index (χ4n) is 2.52. The Labute approximate surface area is 115 Å². The molecule has 1 aliphatic rings. The summed E-state index contributed by atoms with van der Waals surface area (Å²) < 4.78 is 11.2. The molecule has 2 rings (SSSR count). The van der Waals surface area contributed by atoms with E-state index in [1.807, 2.05) is 13.7 Å². The zero-order valence-electron chi connectivity index (χ0n) is 12.7. The van der Waals surface area contributed by atoms with Gasteiger partial charge >= 0.3 is 7.12 Å². The van der Waals surface area contributed by atoms with E-state index in [9.17, 15) is 4.79 Å². The lowest BCUT2D eigenvalue weighted by atomic mass is 9.81. The number of pyridine rings is 1. The van der Waals surface area contributed by atoms with Gasteiger partial charge in [-0.25, -0.2) is 0 Å². The zero-order valence-corrected chi connectivity index (χ0v) is 12.7. The summed E-state index contributed by atoms with van der Waals surface area (Å²) in [5.74, 6) is 0. The lowest BCUT2D eigenvalue weighted by Crippen LogP contribution is -2.50. The second-order valence-electron chi connectivity index (χ2n) is 6.23. The third kappa shape index (κ3) is 6.08. The number of nitrogens with one attached hydrogen (secondary N) is 1. The van der Waals surface area contributed by atoms with Crippen LogP contribution >= 0.6 is 0 Å². The van der Waals surface area contributed by atoms with E-state index in [0.717, 1.165) is 12.0 Å². The molecule has 1 fully saturated rings. The maximum absolute atomic E-state index is 10.4. The Morgan fingerprint density at radius 1 is 1.16 bits per heavy atom. The fraction of sp³-hybridized carbons (Fsp3) is 0.643. The van der Waals surface area contributed by atoms with Crippen molar-refractivity contribution in [1.82, 2.24) is 4.98 Å². The van der Waals surface area contributed by atoms with Crippen LogP contribution in [0.3, 0.4) is 0 Å². The third-order valence-corrected chi connectivity index (χ3v) is 2.76. The van der Waals surface area contributed by atoms with E-state index in [1.54, 1.807) is 12.3 Å². The van der Waals surface area contributed by atoms with Gasteiger partial charge in [0.2, 0.25) is 5.56 Å². The van der Waals surface area contributed by atoms with Crippen LogP contribution < -0.4 is 5.56 Å². The molecule has 0 bridgehead atoms. The normalized spacial score (nSPS) is 20.4. The van der Waals surface area contributed by atoms with E-state index in [2.05, 4.69) is 32.7 Å². The molecule has 1 aromatic rings. The van der Waals surface area contributed by atoms with Crippen molar-refractivity contribution in [3.05, 3.63) is 34.2 Å². The summed E-state index contributed by atoms with van der Waals surface area (Å²) in [5, 5.41) is 0. The Bertz CT molecular complexity index is 432. The number of H-pyrrole nitrogens is 1. The molecule has 0 saturated carbocycles. The predicted molar refractivity (Wildman–Crippen MR) is 78.4 cm³/mol. The van der Waals surface area contributed by atoms with Crippen LogP contribution in [0.2, 0.25) is 6.82 Å². The van der Waals surface area contributed by atoms with Crippen LogP contribution in [-0.2, 0) is 9.31 Å². The van der Waals surface area contributed by atoms with Gasteiger partial charge in [0.1, 0.15) is 0 Å². The lowest BCUT2D eigenvalue weighted by Gasteiger charge is -2.43. The highest BCUT2D eigenvalue weighted by atomic mass is 16.6. The van der Waals surface area contributed by atoms with Gasteiger partial charge in [0, 0.05) is 18.7 Å². The van der Waals surface area contributed by atoms with Gasteiger partial charge in [0.25, 0.3) is 0 Å². The molecule has 4 nitrogen and oxygen atoms in total. The summed E-state index contributed by atoms with van der Waals surface area (Å²) in [7, 11) is -0.0752. The predicted octanol–water partition coefficient (Wildman–Crippen LogP) is 2.78. The smallest absolute Gasteiger partial charge is 0.406 e. The minimum Gasteiger partial charge on any atom is -0.406 e. The molecule has 2 heterocycles. The van der Waals surface area contributed by atoms with Gasteiger partial charge in [0.05, 0.1) is 11.2 Å². The summed E-state index contributed by atoms with van der Waals surface area (Å²) >= 11 is 0. The van der Waals surface area contributed by atoms with E-state index in [-0.39, 0.29) is 23.9 Å². The molecule has 0 amide bonds. The van der Waals surface area contributed by atoms with E-state index < -0.39 is 0 Å². The molecule has 0 atom stereocenters. The first-order valence-electron chi connectivity index (χ1n) is 6.61. The minimum atomic E-state index is -0.0752. The quantitative estimate of drug-likeness (QED) is 0.734. The molecule has 106 valence electrons. The van der Waals surface area contributed by atoms with Crippen LogP contribution in [0.5, 0.6) is 0 Å². The van der Waals surface area contributed by atoms with Crippen molar-refractivity contribution >= 4 is 7.12 Å². The van der Waals surface area contributed by atoms with Gasteiger partial charge in [-0.2, -0.15) is 0 Å². The minimum absolute atomic E-state index is 0.0405. The molecule has 0 aliphatic carbocycles. The van der Waals surface area contributed by atoms with E-state index >= 15 is 0 Å². The van der Waals surface area contributed by atoms with E-state index in [1.165, 1.54) is 6.07 Å². The summed E-state index contributed by atoms with van der Waals surface area (Å²) in [6.07, 6.45) is 2.63. The summed E-state index contributed by atoms with van der Waals surface area (Å²) in [5.41, 5.74) is 0.947. The summed E-state index contributed by atoms with van der Waals surface area (Å²) in [6, 6.07) is 3.29. The Morgan fingerprint density at radius 3 is 2.00 bits per heavy atom. The maximum Gasteiger partial charge on any atom is 0.454 e. The molecular formula is C14H24BNO3. The van der Waals surface area contributed by atoms with Gasteiger partial charge in [-0.3, -0.25) is 4.79 Å². The Morgan fingerprint density at radius 2 is 1.68 bits per heavy atom. The van der Waals surface area contributed by atoms with Crippen molar-refractivity contribution < 1.29 is 9.31 Å². The lowest BCUT2D eigenvalue weighted by molar-refractivity contribution is -0.0744. The van der Waals surface area contributed by atoms with Gasteiger partial charge in [-0.05, 0) is 47.0 Å². The van der Waals surface area contributed by atoms with Crippen LogP contribution in [0.1, 0.15) is 39.7 Å². The summed E-state index contributed by atoms with van der Waals surface area (Å²) in [6.45, 7) is 12.3. The number of hydrogen-bond acceptors (Lipinski definition) is 3. The summed E-state index contributed by atoms with van der Waals surface area (Å²) in [4.78, 5) is 12.9. The number of rotatable bonds is 0. The molecule has 0 aromatic carbocycles. The first-order valence-corrected chi connectivity index (χ1v) is 6.61. The van der Waals surface area contributed by atoms with Crippen LogP contribution in [0.25, 0.3) is 0 Å². The SMILES string of the molecule is CB1OC(C)(C)CC(C)(C)O1.Cc1ccc(=O)[nH]c1. The molecule has 1 aromatic heterocycles. The molecule has 0 spiro atoms. The average Bonchev–Trinajstić information content (AvgIpc) is 2.18. The van der Waals surface area contributed by atoms with Gasteiger partial charge in [0.15, 0.2) is 0 Å². The second-order valence-corrected chi connectivity index (χ2v) is 6.23. The standard InChI is InChI=1S/C8H17BO2.C6H7NO/c1-7(2)6-8(3,4)11-9(5)10-7;1-5-2-3-6(8)7-4-5/h6H2,1-5H3;2-4H,1H3,(H,7,8). The topological polar surface area (TPSA) is 51.3 Å². The second kappa shape index (κ2) is 5.93. The number of aryl methyl sites for hydroxylation is 1. The van der Waals surface area contributed by atoms with Crippen molar-refractivity contribution in [2.75, 3.05) is 0 Å². The van der Waals surface area contributed by atoms with Crippen LogP contribution in [0.4, 0.5) is 0 Å². The van der Waals surface area contributed by atoms with E-state index in [0.29, 0.717) is 0 Å². The van der Waals surface area contributed by atoms with Crippen molar-refractivity contribution in [1.29, 1.82) is 0 Å². The van der Waals surface area contributed by atoms with Crippen LogP contribution in [-0.4, -0.2) is 23.3 Å². The first kappa shape index (κ1) is 16.0. The third-order valence-electron chi connectivity index (χ3n) is 2.76. The average molecular weight is 265 g/mol. The molecule has 0 unspecified atom stereocenters. The molecule has 1 N–H and O–H groups in total. The van der Waals surface area contributed by atoms with Gasteiger partial charge in [-0.1, -0.05) is 6.07 Å². The highest BCUT2D eigenvalue weighted by Gasteiger charge is 2.40. The molecule has 1 saturated heterocycles. The Balaban J connectivity index is 0.000000200. The fourth-order valence-corrected chi connectivity index (χ4v) is 2.52. The van der Waals surface area contributed by atoms with Crippen molar-refractivity contribution in [2.45, 2.75) is 59.1 Å². The zero-order chi connectivity index (χ0) is 14.7. The largest absolute Gasteiger partial charge is 0.454 e. The monoisotopic (exact) mass is 265 g/mol. The Hall–Kier alpha value is -1.07. The van der Waals surface area contributed by atoms with Crippen molar-refractivity contribution in [3.8, 4) is 0 Å². The number of aromatic amines is 1. The highest BCUT2D eigenvalue weighted by molar-refractivity contribution is 6.43. The highest BCUT2D eigenvalue weighted by Crippen LogP contribution is 2.32. The molecular weight excluding hydrogens is 241 g/mol. The molecule has 19 heavy (non-hydrogen) atoms. The maximum atomic E-state index is 10.4. The van der Waals surface area contributed by atoms with Gasteiger partial charge < -0.3 is 14.3 Å². The number of hydrogen-bond donors (Lipinski definition) is 1. The molecule has 0 radical (unpaired) electrons. The van der Waals surface area contributed by atoms with Crippen molar-refractivity contribution in [2.24, 2.45) is 0 Å². The van der Waals surface area contributed by atoms with E-state index in [4.69, 9.17) is 9.31 Å². The molecule has 5 heteroatoms. The van der Waals surface area contributed by atoms with Gasteiger partial charge in [-0.15, -0.1) is 0 Å². The Kier molecular flexibility index (Phi) is 4.99.